The Hall–Kier alpha value is -0.570. The van der Waals surface area contributed by atoms with E-state index in [2.05, 4.69) is 13.8 Å². The zero-order valence-corrected chi connectivity index (χ0v) is 12.0. The molecule has 0 aromatic rings. The molecule has 0 aromatic heterocycles. The Balaban J connectivity index is 1.99. The molecule has 1 N–H and O–H groups in total. The van der Waals surface area contributed by atoms with Gasteiger partial charge in [-0.25, -0.2) is 0 Å². The van der Waals surface area contributed by atoms with Crippen LogP contribution in [0, 0.1) is 17.3 Å². The molecule has 0 radical (unpaired) electrons. The van der Waals surface area contributed by atoms with Crippen molar-refractivity contribution in [3.8, 4) is 0 Å². The first-order valence-electron chi connectivity index (χ1n) is 7.38. The molecule has 1 aliphatic carbocycles. The number of likely N-dealkylation sites (tertiary alicyclic amines) is 1. The molecule has 0 aromatic carbocycles. The molecule has 1 saturated carbocycles. The second kappa shape index (κ2) is 5.20. The standard InChI is InChI=1S/C15H27NO2/c1-11(17)12-7-9-16(10-12)14(18)13-6-4-5-8-15(13,2)3/h11-13,17H,4-10H2,1-3H3. The van der Waals surface area contributed by atoms with Crippen molar-refractivity contribution in [3.05, 3.63) is 0 Å². The molecule has 1 saturated heterocycles. The average Bonchev–Trinajstić information content (AvgIpc) is 2.77. The van der Waals surface area contributed by atoms with Gasteiger partial charge < -0.3 is 10.0 Å². The molecule has 3 atom stereocenters. The van der Waals surface area contributed by atoms with Gasteiger partial charge in [-0.1, -0.05) is 26.7 Å². The molecular weight excluding hydrogens is 226 g/mol. The van der Waals surface area contributed by atoms with Crippen molar-refractivity contribution in [2.24, 2.45) is 17.3 Å². The van der Waals surface area contributed by atoms with E-state index in [1.54, 1.807) is 0 Å². The second-order valence-electron chi connectivity index (χ2n) is 6.86. The van der Waals surface area contributed by atoms with E-state index in [-0.39, 0.29) is 23.4 Å². The Labute approximate surface area is 111 Å². The highest BCUT2D eigenvalue weighted by Crippen LogP contribution is 2.42. The fourth-order valence-corrected chi connectivity index (χ4v) is 3.55. The van der Waals surface area contributed by atoms with Gasteiger partial charge in [0.2, 0.25) is 5.91 Å². The summed E-state index contributed by atoms with van der Waals surface area (Å²) < 4.78 is 0. The number of amides is 1. The van der Waals surface area contributed by atoms with E-state index in [9.17, 15) is 9.90 Å². The third-order valence-electron chi connectivity index (χ3n) is 5.02. The van der Waals surface area contributed by atoms with Crippen molar-refractivity contribution in [2.45, 2.75) is 59.0 Å². The molecule has 3 unspecified atom stereocenters. The van der Waals surface area contributed by atoms with Gasteiger partial charge in [0.15, 0.2) is 0 Å². The first-order chi connectivity index (χ1) is 8.42. The Morgan fingerprint density at radius 2 is 2.06 bits per heavy atom. The van der Waals surface area contributed by atoms with Crippen molar-refractivity contribution in [2.75, 3.05) is 13.1 Å². The topological polar surface area (TPSA) is 40.5 Å². The maximum atomic E-state index is 12.6. The summed E-state index contributed by atoms with van der Waals surface area (Å²) in [7, 11) is 0. The Morgan fingerprint density at radius 3 is 2.61 bits per heavy atom. The summed E-state index contributed by atoms with van der Waals surface area (Å²) in [6.45, 7) is 7.89. The molecular formula is C15H27NO2. The summed E-state index contributed by atoms with van der Waals surface area (Å²) in [6, 6.07) is 0. The number of aliphatic hydroxyl groups is 1. The molecule has 104 valence electrons. The van der Waals surface area contributed by atoms with Gasteiger partial charge in [-0.05, 0) is 31.6 Å². The molecule has 3 nitrogen and oxygen atoms in total. The molecule has 1 aliphatic heterocycles. The van der Waals surface area contributed by atoms with Gasteiger partial charge in [0.1, 0.15) is 0 Å². The average molecular weight is 253 g/mol. The number of nitrogens with zero attached hydrogens (tertiary/aromatic N) is 1. The first kappa shape index (κ1) is 13.9. The van der Waals surface area contributed by atoms with Crippen LogP contribution >= 0.6 is 0 Å². The van der Waals surface area contributed by atoms with Gasteiger partial charge in [0.05, 0.1) is 6.10 Å². The zero-order valence-electron chi connectivity index (χ0n) is 12.0. The predicted octanol–water partition coefficient (Wildman–Crippen LogP) is 2.43. The van der Waals surface area contributed by atoms with Crippen LogP contribution in [0.5, 0.6) is 0 Å². The number of aliphatic hydroxyl groups excluding tert-OH is 1. The van der Waals surface area contributed by atoms with Crippen molar-refractivity contribution in [1.29, 1.82) is 0 Å². The molecule has 18 heavy (non-hydrogen) atoms. The monoisotopic (exact) mass is 253 g/mol. The largest absolute Gasteiger partial charge is 0.393 e. The number of rotatable bonds is 2. The van der Waals surface area contributed by atoms with Crippen LogP contribution in [0.25, 0.3) is 0 Å². The van der Waals surface area contributed by atoms with Crippen LogP contribution in [0.2, 0.25) is 0 Å². The molecule has 0 bridgehead atoms. The van der Waals surface area contributed by atoms with Gasteiger partial charge in [-0.3, -0.25) is 4.79 Å². The summed E-state index contributed by atoms with van der Waals surface area (Å²) in [5.41, 5.74) is 0.151. The van der Waals surface area contributed by atoms with Crippen LogP contribution in [0.4, 0.5) is 0 Å². The van der Waals surface area contributed by atoms with Crippen LogP contribution in [0.3, 0.4) is 0 Å². The highest BCUT2D eigenvalue weighted by molar-refractivity contribution is 5.80. The van der Waals surface area contributed by atoms with Crippen molar-refractivity contribution in [1.82, 2.24) is 4.90 Å². The van der Waals surface area contributed by atoms with E-state index in [1.807, 2.05) is 11.8 Å². The van der Waals surface area contributed by atoms with E-state index < -0.39 is 0 Å². The normalized spacial score (nSPS) is 33.4. The smallest absolute Gasteiger partial charge is 0.226 e. The first-order valence-corrected chi connectivity index (χ1v) is 7.38. The van der Waals surface area contributed by atoms with E-state index in [0.717, 1.165) is 32.4 Å². The molecule has 2 fully saturated rings. The lowest BCUT2D eigenvalue weighted by atomic mass is 9.68. The molecule has 0 spiro atoms. The molecule has 3 heteroatoms. The van der Waals surface area contributed by atoms with E-state index >= 15 is 0 Å². The maximum absolute atomic E-state index is 12.6. The van der Waals surface area contributed by atoms with Crippen molar-refractivity contribution in [3.63, 3.8) is 0 Å². The SMILES string of the molecule is CC(O)C1CCN(C(=O)C2CCCCC2(C)C)C1. The van der Waals surface area contributed by atoms with E-state index in [4.69, 9.17) is 0 Å². The fourth-order valence-electron chi connectivity index (χ4n) is 3.55. The maximum Gasteiger partial charge on any atom is 0.226 e. The third kappa shape index (κ3) is 2.71. The fraction of sp³-hybridized carbons (Fsp3) is 0.933. The predicted molar refractivity (Wildman–Crippen MR) is 72.1 cm³/mol. The Kier molecular flexibility index (Phi) is 4.00. The summed E-state index contributed by atoms with van der Waals surface area (Å²) in [5.74, 6) is 0.808. The van der Waals surface area contributed by atoms with Crippen LogP contribution in [-0.4, -0.2) is 35.1 Å². The van der Waals surface area contributed by atoms with Gasteiger partial charge in [0.25, 0.3) is 0 Å². The number of carbonyl (C=O) groups is 1. The summed E-state index contributed by atoms with van der Waals surface area (Å²) >= 11 is 0. The van der Waals surface area contributed by atoms with Gasteiger partial charge >= 0.3 is 0 Å². The zero-order chi connectivity index (χ0) is 13.3. The van der Waals surface area contributed by atoms with Gasteiger partial charge in [0, 0.05) is 24.9 Å². The second-order valence-corrected chi connectivity index (χ2v) is 6.86. The minimum atomic E-state index is -0.290. The molecule has 2 aliphatic rings. The summed E-state index contributed by atoms with van der Waals surface area (Å²) in [5, 5.41) is 9.63. The molecule has 2 rings (SSSR count). The summed E-state index contributed by atoms with van der Waals surface area (Å²) in [4.78, 5) is 14.6. The lowest BCUT2D eigenvalue weighted by Crippen LogP contribution is -2.43. The van der Waals surface area contributed by atoms with E-state index in [1.165, 1.54) is 12.8 Å². The highest BCUT2D eigenvalue weighted by Gasteiger charge is 2.41. The number of hydrogen-bond acceptors (Lipinski definition) is 2. The third-order valence-corrected chi connectivity index (χ3v) is 5.02. The quantitative estimate of drug-likeness (QED) is 0.821. The van der Waals surface area contributed by atoms with Crippen LogP contribution in [-0.2, 0) is 4.79 Å². The van der Waals surface area contributed by atoms with Crippen molar-refractivity contribution >= 4 is 5.91 Å². The molecule has 1 heterocycles. The minimum absolute atomic E-state index is 0.151. The minimum Gasteiger partial charge on any atom is -0.393 e. The summed E-state index contributed by atoms with van der Waals surface area (Å²) in [6.07, 6.45) is 5.32. The lowest BCUT2D eigenvalue weighted by Gasteiger charge is -2.39. The van der Waals surface area contributed by atoms with Gasteiger partial charge in [-0.2, -0.15) is 0 Å². The van der Waals surface area contributed by atoms with Crippen LogP contribution < -0.4 is 0 Å². The highest BCUT2D eigenvalue weighted by atomic mass is 16.3. The van der Waals surface area contributed by atoms with Crippen LogP contribution in [0.1, 0.15) is 52.9 Å². The number of carbonyl (C=O) groups excluding carboxylic acids is 1. The Bertz CT molecular complexity index is 312. The molecule has 1 amide bonds. The van der Waals surface area contributed by atoms with Crippen LogP contribution in [0.15, 0.2) is 0 Å². The Morgan fingerprint density at radius 1 is 1.33 bits per heavy atom. The van der Waals surface area contributed by atoms with Gasteiger partial charge in [-0.15, -0.1) is 0 Å². The van der Waals surface area contributed by atoms with E-state index in [0.29, 0.717) is 5.91 Å². The number of hydrogen-bond donors (Lipinski definition) is 1. The lowest BCUT2D eigenvalue weighted by molar-refractivity contribution is -0.140. The van der Waals surface area contributed by atoms with Crippen molar-refractivity contribution < 1.29 is 9.90 Å².